The van der Waals surface area contributed by atoms with Gasteiger partial charge >= 0.3 is 5.97 Å². The fourth-order valence-corrected chi connectivity index (χ4v) is 2.40. The second-order valence-corrected chi connectivity index (χ2v) is 6.65. The molecule has 0 saturated heterocycles. The van der Waals surface area contributed by atoms with Crippen LogP contribution in [0, 0.1) is 12.3 Å². The van der Waals surface area contributed by atoms with Gasteiger partial charge in [0.15, 0.2) is 0 Å². The number of nitrogens with zero attached hydrogens (tertiary/aromatic N) is 3. The van der Waals surface area contributed by atoms with Crippen molar-refractivity contribution in [3.63, 3.8) is 0 Å². The third-order valence-electron chi connectivity index (χ3n) is 3.39. The Balaban J connectivity index is 2.26. The summed E-state index contributed by atoms with van der Waals surface area (Å²) in [5.41, 5.74) is -0.671. The van der Waals surface area contributed by atoms with Gasteiger partial charge in [0, 0.05) is 6.54 Å². The molecule has 0 aliphatic heterocycles. The molecular weight excluding hydrogens is 355 g/mol. The number of amides is 1. The number of aromatic nitrogens is 3. The Hall–Kier alpha value is -2.12. The van der Waals surface area contributed by atoms with Crippen LogP contribution in [-0.4, -0.2) is 38.3 Å². The fraction of sp³-hybridized carbons (Fsp3) is 0.333. The number of rotatable bonds is 5. The van der Waals surface area contributed by atoms with E-state index in [0.29, 0.717) is 21.6 Å². The predicted octanol–water partition coefficient (Wildman–Crippen LogP) is 2.72. The van der Waals surface area contributed by atoms with E-state index in [4.69, 9.17) is 28.3 Å². The summed E-state index contributed by atoms with van der Waals surface area (Å²) >= 11 is 12.3. The summed E-state index contributed by atoms with van der Waals surface area (Å²) in [6, 6.07) is 5.00. The van der Waals surface area contributed by atoms with Gasteiger partial charge in [-0.3, -0.25) is 9.59 Å². The van der Waals surface area contributed by atoms with Crippen LogP contribution >= 0.6 is 23.2 Å². The number of carboxylic acid groups (broad SMARTS) is 1. The van der Waals surface area contributed by atoms with Crippen LogP contribution in [0.1, 0.15) is 30.3 Å². The van der Waals surface area contributed by atoms with Crippen LogP contribution in [0.2, 0.25) is 10.0 Å². The fourth-order valence-electron chi connectivity index (χ4n) is 1.85. The number of hydrogen-bond acceptors (Lipinski definition) is 4. The Morgan fingerprint density at radius 1 is 1.29 bits per heavy atom. The molecule has 1 aromatic heterocycles. The quantitative estimate of drug-likeness (QED) is 0.842. The van der Waals surface area contributed by atoms with Crippen molar-refractivity contribution in [2.24, 2.45) is 5.41 Å². The molecule has 128 valence electrons. The molecule has 0 bridgehead atoms. The number of carbonyl (C=O) groups excluding carboxylic acids is 1. The van der Waals surface area contributed by atoms with Gasteiger partial charge < -0.3 is 10.4 Å². The zero-order chi connectivity index (χ0) is 18.1. The number of aliphatic carboxylic acids is 1. The van der Waals surface area contributed by atoms with Crippen LogP contribution < -0.4 is 5.32 Å². The molecule has 0 radical (unpaired) electrons. The number of carbonyl (C=O) groups is 2. The zero-order valence-corrected chi connectivity index (χ0v) is 14.8. The minimum Gasteiger partial charge on any atom is -0.481 e. The first kappa shape index (κ1) is 18.2. The number of para-hydroxylation sites is 1. The Labute approximate surface area is 148 Å². The first-order valence-corrected chi connectivity index (χ1v) is 7.78. The molecule has 2 N–H and O–H groups in total. The highest BCUT2D eigenvalue weighted by molar-refractivity contribution is 6.37. The average Bonchev–Trinajstić information content (AvgIpc) is 2.86. The van der Waals surface area contributed by atoms with E-state index in [1.54, 1.807) is 25.1 Å². The average molecular weight is 371 g/mol. The Morgan fingerprint density at radius 3 is 2.42 bits per heavy atom. The van der Waals surface area contributed by atoms with Crippen molar-refractivity contribution in [1.29, 1.82) is 0 Å². The van der Waals surface area contributed by atoms with E-state index in [1.165, 1.54) is 18.5 Å². The van der Waals surface area contributed by atoms with E-state index in [9.17, 15) is 9.59 Å². The summed E-state index contributed by atoms with van der Waals surface area (Å²) < 4.78 is 1.38. The van der Waals surface area contributed by atoms with Gasteiger partial charge in [0.25, 0.3) is 5.91 Å². The highest BCUT2D eigenvalue weighted by atomic mass is 35.5. The molecule has 0 aliphatic rings. The zero-order valence-electron chi connectivity index (χ0n) is 13.3. The molecule has 0 spiro atoms. The number of aryl methyl sites for hydroxylation is 1. The van der Waals surface area contributed by atoms with Crippen molar-refractivity contribution < 1.29 is 14.7 Å². The van der Waals surface area contributed by atoms with Gasteiger partial charge in [-0.25, -0.2) is 9.67 Å². The lowest BCUT2D eigenvalue weighted by Crippen LogP contribution is -2.39. The van der Waals surface area contributed by atoms with E-state index in [2.05, 4.69) is 15.4 Å². The van der Waals surface area contributed by atoms with Crippen molar-refractivity contribution in [2.45, 2.75) is 20.8 Å². The van der Waals surface area contributed by atoms with Gasteiger partial charge in [0.2, 0.25) is 5.82 Å². The molecule has 24 heavy (non-hydrogen) atoms. The molecule has 9 heteroatoms. The van der Waals surface area contributed by atoms with Crippen molar-refractivity contribution in [3.8, 4) is 5.69 Å². The predicted molar refractivity (Wildman–Crippen MR) is 89.9 cm³/mol. The molecule has 0 fully saturated rings. The second kappa shape index (κ2) is 6.78. The van der Waals surface area contributed by atoms with Crippen molar-refractivity contribution in [3.05, 3.63) is 39.9 Å². The highest BCUT2D eigenvalue weighted by Crippen LogP contribution is 2.28. The molecule has 1 amide bonds. The number of nitrogens with one attached hydrogen (secondary N) is 1. The second-order valence-electron chi connectivity index (χ2n) is 5.84. The lowest BCUT2D eigenvalue weighted by molar-refractivity contribution is -0.146. The first-order chi connectivity index (χ1) is 11.1. The molecule has 2 rings (SSSR count). The minimum absolute atomic E-state index is 0.0540. The maximum Gasteiger partial charge on any atom is 0.310 e. The van der Waals surface area contributed by atoms with Crippen molar-refractivity contribution in [2.75, 3.05) is 6.54 Å². The Bertz CT molecular complexity index is 782. The van der Waals surface area contributed by atoms with Crippen LogP contribution in [0.5, 0.6) is 0 Å². The van der Waals surface area contributed by atoms with Gasteiger partial charge in [0.1, 0.15) is 11.5 Å². The van der Waals surface area contributed by atoms with E-state index >= 15 is 0 Å². The summed E-state index contributed by atoms with van der Waals surface area (Å²) in [4.78, 5) is 27.3. The van der Waals surface area contributed by atoms with Crippen LogP contribution in [0.15, 0.2) is 18.2 Å². The summed E-state index contributed by atoms with van der Waals surface area (Å²) in [7, 11) is 0. The monoisotopic (exact) mass is 370 g/mol. The topological polar surface area (TPSA) is 97.1 Å². The lowest BCUT2D eigenvalue weighted by Gasteiger charge is -2.18. The van der Waals surface area contributed by atoms with E-state index < -0.39 is 17.3 Å². The summed E-state index contributed by atoms with van der Waals surface area (Å²) in [5, 5.41) is 16.4. The summed E-state index contributed by atoms with van der Waals surface area (Å²) in [6.45, 7) is 4.62. The molecule has 0 unspecified atom stereocenters. The van der Waals surface area contributed by atoms with Crippen molar-refractivity contribution in [1.82, 2.24) is 20.1 Å². The van der Waals surface area contributed by atoms with E-state index in [0.717, 1.165) is 0 Å². The van der Waals surface area contributed by atoms with Gasteiger partial charge in [-0.15, -0.1) is 5.10 Å². The third kappa shape index (κ3) is 3.68. The Kier molecular flexibility index (Phi) is 5.15. The molecule has 0 aliphatic carbocycles. The van der Waals surface area contributed by atoms with E-state index in [-0.39, 0.29) is 12.4 Å². The maximum atomic E-state index is 12.2. The molecule has 7 nitrogen and oxygen atoms in total. The molecule has 0 saturated carbocycles. The number of hydrogen-bond donors (Lipinski definition) is 2. The minimum atomic E-state index is -1.10. The van der Waals surface area contributed by atoms with Crippen LogP contribution in [0.4, 0.5) is 0 Å². The van der Waals surface area contributed by atoms with Crippen LogP contribution in [-0.2, 0) is 4.79 Å². The maximum absolute atomic E-state index is 12.2. The van der Waals surface area contributed by atoms with Gasteiger partial charge in [-0.1, -0.05) is 29.3 Å². The van der Waals surface area contributed by atoms with Gasteiger partial charge in [-0.2, -0.15) is 0 Å². The summed E-state index contributed by atoms with van der Waals surface area (Å²) in [5.74, 6) is -1.26. The SMILES string of the molecule is Cc1nc(C(=O)NCC(C)(C)C(=O)O)nn1-c1c(Cl)cccc1Cl. The van der Waals surface area contributed by atoms with Gasteiger partial charge in [0.05, 0.1) is 15.5 Å². The largest absolute Gasteiger partial charge is 0.481 e. The molecule has 0 atom stereocenters. The molecule has 1 heterocycles. The number of benzene rings is 1. The van der Waals surface area contributed by atoms with Crippen molar-refractivity contribution >= 4 is 35.1 Å². The van der Waals surface area contributed by atoms with Gasteiger partial charge in [-0.05, 0) is 32.9 Å². The lowest BCUT2D eigenvalue weighted by atomic mass is 9.94. The highest BCUT2D eigenvalue weighted by Gasteiger charge is 2.28. The van der Waals surface area contributed by atoms with Crippen LogP contribution in [0.25, 0.3) is 5.69 Å². The smallest absolute Gasteiger partial charge is 0.310 e. The Morgan fingerprint density at radius 2 is 1.88 bits per heavy atom. The third-order valence-corrected chi connectivity index (χ3v) is 4.00. The normalized spacial score (nSPS) is 11.4. The van der Waals surface area contributed by atoms with Crippen LogP contribution in [0.3, 0.4) is 0 Å². The first-order valence-electron chi connectivity index (χ1n) is 7.03. The molecule has 1 aromatic carbocycles. The standard InChI is InChI=1S/C15H16Cl2N4O3/c1-8-19-12(13(22)18-7-15(2,3)14(23)24)20-21(8)11-9(16)5-4-6-10(11)17/h4-6H,7H2,1-3H3,(H,18,22)(H,23,24). The molecule has 2 aromatic rings. The number of halogens is 2. The number of carboxylic acids is 1. The van der Waals surface area contributed by atoms with E-state index in [1.807, 2.05) is 0 Å². The molecular formula is C15H16Cl2N4O3. The summed E-state index contributed by atoms with van der Waals surface area (Å²) in [6.07, 6.45) is 0.